The fourth-order valence-electron chi connectivity index (χ4n) is 2.97. The van der Waals surface area contributed by atoms with E-state index in [-0.39, 0.29) is 6.10 Å². The number of nitrogens with one attached hydrogen (secondary N) is 1. The van der Waals surface area contributed by atoms with Crippen LogP contribution in [0.3, 0.4) is 0 Å². The molecule has 1 saturated heterocycles. The van der Waals surface area contributed by atoms with E-state index in [2.05, 4.69) is 4.98 Å². The first kappa shape index (κ1) is 17.4. The number of aromatic nitrogens is 2. The minimum Gasteiger partial charge on any atom is -0.426 e. The number of benzene rings is 1. The van der Waals surface area contributed by atoms with Crippen molar-refractivity contribution in [3.63, 3.8) is 0 Å². The van der Waals surface area contributed by atoms with Gasteiger partial charge in [0.05, 0.1) is 19.3 Å². The van der Waals surface area contributed by atoms with E-state index in [1.165, 1.54) is 16.8 Å². The third-order valence-electron chi connectivity index (χ3n) is 4.33. The molecule has 0 aliphatic carbocycles. The van der Waals surface area contributed by atoms with Crippen LogP contribution in [0.2, 0.25) is 0 Å². The number of nitrogens with zero attached hydrogens (tertiary/aromatic N) is 1. The van der Waals surface area contributed by atoms with Gasteiger partial charge in [-0.25, -0.2) is 4.79 Å². The maximum atomic E-state index is 11.8. The average Bonchev–Trinajstić information content (AvgIpc) is 3.08. The highest BCUT2D eigenvalue weighted by Crippen LogP contribution is 2.47. The largest absolute Gasteiger partial charge is 0.426 e. The van der Waals surface area contributed by atoms with Gasteiger partial charge in [-0.1, -0.05) is 12.1 Å². The Bertz CT molecular complexity index is 911. The number of fused-ring (bicyclic) bond motifs is 1. The molecule has 1 N–H and O–H groups in total. The van der Waals surface area contributed by atoms with Gasteiger partial charge in [0.2, 0.25) is 0 Å². The lowest BCUT2D eigenvalue weighted by Gasteiger charge is -2.25. The molecule has 2 aliphatic rings. The molecule has 4 rings (SSSR count). The summed E-state index contributed by atoms with van der Waals surface area (Å²) in [6, 6.07) is 7.29. The van der Waals surface area contributed by atoms with Gasteiger partial charge in [0.1, 0.15) is 12.0 Å². The molecule has 0 radical (unpaired) electrons. The first-order chi connectivity index (χ1) is 12.6. The lowest BCUT2D eigenvalue weighted by molar-refractivity contribution is -0.0229. The van der Waals surface area contributed by atoms with E-state index in [0.29, 0.717) is 19.6 Å². The maximum Gasteiger partial charge on any atom is 0.397 e. The van der Waals surface area contributed by atoms with Crippen LogP contribution < -0.4 is 15.8 Å². The smallest absolute Gasteiger partial charge is 0.397 e. The van der Waals surface area contributed by atoms with Crippen LogP contribution in [0.25, 0.3) is 0 Å². The molecule has 9 heteroatoms. The van der Waals surface area contributed by atoms with Crippen molar-refractivity contribution in [3.05, 3.63) is 62.4 Å². The summed E-state index contributed by atoms with van der Waals surface area (Å²) < 4.78 is 24.4. The van der Waals surface area contributed by atoms with Crippen molar-refractivity contribution in [2.45, 2.75) is 38.7 Å². The molecule has 1 fully saturated rings. The minimum atomic E-state index is -1.46. The predicted molar refractivity (Wildman–Crippen MR) is 93.9 cm³/mol. The SMILES string of the molecule is Cc1ccc2c(c1)OP(OCC1CCC(n3ccc(=O)[nH]c3=O)O1)OC2. The van der Waals surface area contributed by atoms with Gasteiger partial charge in [0.15, 0.2) is 0 Å². The van der Waals surface area contributed by atoms with Crippen molar-refractivity contribution >= 4 is 8.60 Å². The van der Waals surface area contributed by atoms with Crippen LogP contribution in [0.5, 0.6) is 5.75 Å². The molecule has 1 aromatic carbocycles. The number of hydrogen-bond acceptors (Lipinski definition) is 6. The second-order valence-electron chi connectivity index (χ2n) is 6.30. The summed E-state index contributed by atoms with van der Waals surface area (Å²) in [5, 5.41) is 0. The Hall–Kier alpha value is -1.99. The average molecular weight is 378 g/mol. The standard InChI is InChI=1S/C17H19N2O6P/c1-11-2-3-12-9-22-26(25-14(12)8-11)23-10-13-4-5-16(24-13)19-7-6-15(20)18-17(19)21/h2-3,6-8,13,16H,4-5,9-10H2,1H3,(H,18,20,21). The fraction of sp³-hybridized carbons (Fsp3) is 0.412. The highest BCUT2D eigenvalue weighted by molar-refractivity contribution is 7.42. The van der Waals surface area contributed by atoms with Gasteiger partial charge in [-0.3, -0.25) is 23.4 Å². The van der Waals surface area contributed by atoms with Crippen molar-refractivity contribution in [2.75, 3.05) is 6.61 Å². The molecule has 0 bridgehead atoms. The lowest BCUT2D eigenvalue weighted by Crippen LogP contribution is -2.31. The van der Waals surface area contributed by atoms with E-state index in [4.69, 9.17) is 18.3 Å². The van der Waals surface area contributed by atoms with Crippen LogP contribution in [0.4, 0.5) is 0 Å². The zero-order valence-electron chi connectivity index (χ0n) is 14.2. The van der Waals surface area contributed by atoms with Crippen LogP contribution >= 0.6 is 8.60 Å². The van der Waals surface area contributed by atoms with E-state index >= 15 is 0 Å². The number of aromatic amines is 1. The fourth-order valence-corrected chi connectivity index (χ4v) is 4.01. The maximum absolute atomic E-state index is 11.8. The molecule has 3 unspecified atom stereocenters. The summed E-state index contributed by atoms with van der Waals surface area (Å²) in [6.07, 6.45) is 2.30. The van der Waals surface area contributed by atoms with E-state index in [9.17, 15) is 9.59 Å². The molecule has 2 aliphatic heterocycles. The summed E-state index contributed by atoms with van der Waals surface area (Å²) in [4.78, 5) is 25.2. The van der Waals surface area contributed by atoms with Gasteiger partial charge in [-0.15, -0.1) is 0 Å². The first-order valence-electron chi connectivity index (χ1n) is 8.39. The molecule has 3 atom stereocenters. The zero-order valence-corrected chi connectivity index (χ0v) is 15.1. The van der Waals surface area contributed by atoms with E-state index in [0.717, 1.165) is 23.3 Å². The summed E-state index contributed by atoms with van der Waals surface area (Å²) >= 11 is 0. The highest BCUT2D eigenvalue weighted by Gasteiger charge is 2.30. The summed E-state index contributed by atoms with van der Waals surface area (Å²) in [6.45, 7) is 2.79. The summed E-state index contributed by atoms with van der Waals surface area (Å²) in [5.41, 5.74) is 1.23. The van der Waals surface area contributed by atoms with Crippen molar-refractivity contribution in [2.24, 2.45) is 0 Å². The second kappa shape index (κ2) is 7.32. The van der Waals surface area contributed by atoms with Crippen LogP contribution in [0, 0.1) is 6.92 Å². The molecule has 1 aromatic heterocycles. The molecule has 0 spiro atoms. The first-order valence-corrected chi connectivity index (χ1v) is 9.48. The number of rotatable bonds is 4. The molecule has 3 heterocycles. The molecule has 0 saturated carbocycles. The van der Waals surface area contributed by atoms with Gasteiger partial charge < -0.3 is 9.26 Å². The minimum absolute atomic E-state index is 0.160. The third-order valence-corrected chi connectivity index (χ3v) is 5.38. The normalized spacial score (nSPS) is 24.9. The topological polar surface area (TPSA) is 91.8 Å². The molecule has 26 heavy (non-hydrogen) atoms. The van der Waals surface area contributed by atoms with Gasteiger partial charge in [0, 0.05) is 17.8 Å². The quantitative estimate of drug-likeness (QED) is 0.822. The zero-order chi connectivity index (χ0) is 18.1. The van der Waals surface area contributed by atoms with Crippen molar-refractivity contribution in [1.29, 1.82) is 0 Å². The van der Waals surface area contributed by atoms with Gasteiger partial charge in [-0.2, -0.15) is 0 Å². The Kier molecular flexibility index (Phi) is 4.91. The van der Waals surface area contributed by atoms with Crippen LogP contribution in [-0.2, 0) is 20.4 Å². The summed E-state index contributed by atoms with van der Waals surface area (Å²) in [5.74, 6) is 0.798. The molecule has 138 valence electrons. The Morgan fingerprint density at radius 1 is 1.31 bits per heavy atom. The van der Waals surface area contributed by atoms with Gasteiger partial charge in [0.25, 0.3) is 5.56 Å². The number of ether oxygens (including phenoxy) is 1. The molecule has 0 amide bonds. The lowest BCUT2D eigenvalue weighted by atomic mass is 10.1. The van der Waals surface area contributed by atoms with E-state index in [1.54, 1.807) is 0 Å². The number of aryl methyl sites for hydroxylation is 1. The summed E-state index contributed by atoms with van der Waals surface area (Å²) in [7, 11) is -1.46. The Morgan fingerprint density at radius 3 is 3.04 bits per heavy atom. The Morgan fingerprint density at radius 2 is 2.19 bits per heavy atom. The molecule has 2 aromatic rings. The molecular weight excluding hydrogens is 359 g/mol. The van der Waals surface area contributed by atoms with Crippen LogP contribution in [0.15, 0.2) is 40.1 Å². The Labute approximate surface area is 150 Å². The van der Waals surface area contributed by atoms with E-state index in [1.807, 2.05) is 25.1 Å². The second-order valence-corrected chi connectivity index (χ2v) is 7.45. The van der Waals surface area contributed by atoms with Crippen molar-refractivity contribution < 1.29 is 18.3 Å². The third kappa shape index (κ3) is 3.73. The molecule has 8 nitrogen and oxygen atoms in total. The van der Waals surface area contributed by atoms with Crippen LogP contribution in [-0.4, -0.2) is 22.3 Å². The highest BCUT2D eigenvalue weighted by atomic mass is 31.2. The van der Waals surface area contributed by atoms with Crippen LogP contribution in [0.1, 0.15) is 30.2 Å². The number of hydrogen-bond donors (Lipinski definition) is 1. The van der Waals surface area contributed by atoms with Gasteiger partial charge >= 0.3 is 14.3 Å². The Balaban J connectivity index is 1.32. The predicted octanol–water partition coefficient (Wildman–Crippen LogP) is 2.38. The number of H-pyrrole nitrogens is 1. The van der Waals surface area contributed by atoms with E-state index < -0.39 is 26.1 Å². The monoisotopic (exact) mass is 378 g/mol. The van der Waals surface area contributed by atoms with Crippen molar-refractivity contribution in [3.8, 4) is 5.75 Å². The van der Waals surface area contributed by atoms with Gasteiger partial charge in [-0.05, 0) is 31.4 Å². The van der Waals surface area contributed by atoms with Crippen molar-refractivity contribution in [1.82, 2.24) is 9.55 Å². The molecular formula is C17H19N2O6P.